The van der Waals surface area contributed by atoms with Crippen LogP contribution < -0.4 is 11.1 Å². The molecule has 0 bridgehead atoms. The number of hydrogen-bond acceptors (Lipinski definition) is 4. The van der Waals surface area contributed by atoms with Crippen LogP contribution in [0.2, 0.25) is 0 Å². The lowest BCUT2D eigenvalue weighted by atomic mass is 9.88. The van der Waals surface area contributed by atoms with Crippen molar-refractivity contribution in [2.24, 2.45) is 11.7 Å². The first-order valence-electron chi connectivity index (χ1n) is 6.55. The van der Waals surface area contributed by atoms with E-state index in [-0.39, 0.29) is 23.1 Å². The first-order valence-corrected chi connectivity index (χ1v) is 6.55. The average molecular weight is 267 g/mol. The highest BCUT2D eigenvalue weighted by Gasteiger charge is 2.30. The topological polar surface area (TPSA) is 96.7 Å². The summed E-state index contributed by atoms with van der Waals surface area (Å²) in [5.74, 6) is 0.776. The number of rotatable bonds is 4. The Labute approximate surface area is 114 Å². The fraction of sp³-hybridized carbons (Fsp3) is 0.769. The van der Waals surface area contributed by atoms with Gasteiger partial charge in [0.05, 0.1) is 5.54 Å². The second-order valence-corrected chi connectivity index (χ2v) is 6.49. The van der Waals surface area contributed by atoms with Gasteiger partial charge in [0.1, 0.15) is 5.82 Å². The molecule has 19 heavy (non-hydrogen) atoms. The van der Waals surface area contributed by atoms with Crippen LogP contribution in [-0.2, 0) is 5.41 Å². The van der Waals surface area contributed by atoms with E-state index >= 15 is 0 Å². The zero-order chi connectivity index (χ0) is 14.8. The zero-order valence-corrected chi connectivity index (χ0v) is 12.7. The van der Waals surface area contributed by atoms with E-state index in [0.717, 1.165) is 0 Å². The van der Waals surface area contributed by atoms with Crippen molar-refractivity contribution < 1.29 is 4.79 Å². The Bertz CT molecular complexity index is 446. The number of nitrogens with zero attached hydrogens (tertiary/aromatic N) is 2. The molecule has 0 spiro atoms. The monoisotopic (exact) mass is 267 g/mol. The highest BCUT2D eigenvalue weighted by molar-refractivity contribution is 5.90. The molecule has 6 nitrogen and oxygen atoms in total. The Balaban J connectivity index is 2.87. The van der Waals surface area contributed by atoms with Crippen LogP contribution in [0.4, 0.5) is 0 Å². The standard InChI is InChI=1S/C13H25N5O/c1-8(2)13(6,7-14)16-10(19)9-15-11(18-17-9)12(3,4)5/h8H,7,14H2,1-6H3,(H,16,19)(H,15,17,18). The van der Waals surface area contributed by atoms with Gasteiger partial charge in [-0.2, -0.15) is 0 Å². The molecule has 0 aromatic carbocycles. The molecular weight excluding hydrogens is 242 g/mol. The Hall–Kier alpha value is -1.43. The summed E-state index contributed by atoms with van der Waals surface area (Å²) in [6, 6.07) is 0. The maximum atomic E-state index is 12.2. The van der Waals surface area contributed by atoms with E-state index < -0.39 is 5.54 Å². The molecular formula is C13H25N5O. The van der Waals surface area contributed by atoms with Crippen molar-refractivity contribution in [1.82, 2.24) is 20.5 Å². The highest BCUT2D eigenvalue weighted by atomic mass is 16.2. The lowest BCUT2D eigenvalue weighted by Crippen LogP contribution is -2.55. The summed E-state index contributed by atoms with van der Waals surface area (Å²) in [4.78, 5) is 16.4. The summed E-state index contributed by atoms with van der Waals surface area (Å²) in [7, 11) is 0. The quantitative estimate of drug-likeness (QED) is 0.763. The van der Waals surface area contributed by atoms with Crippen LogP contribution in [0.5, 0.6) is 0 Å². The maximum absolute atomic E-state index is 12.2. The molecule has 0 fully saturated rings. The lowest BCUT2D eigenvalue weighted by molar-refractivity contribution is 0.0872. The van der Waals surface area contributed by atoms with Crippen molar-refractivity contribution in [2.75, 3.05) is 6.54 Å². The Morgan fingerprint density at radius 1 is 1.37 bits per heavy atom. The largest absolute Gasteiger partial charge is 0.343 e. The minimum absolute atomic E-state index is 0.158. The predicted octanol–water partition coefficient (Wildman–Crippen LogP) is 1.21. The van der Waals surface area contributed by atoms with Crippen LogP contribution in [0, 0.1) is 5.92 Å². The molecule has 1 rings (SSSR count). The number of amides is 1. The summed E-state index contributed by atoms with van der Waals surface area (Å²) < 4.78 is 0. The summed E-state index contributed by atoms with van der Waals surface area (Å²) in [5.41, 5.74) is 5.12. The summed E-state index contributed by atoms with van der Waals surface area (Å²) in [5, 5.41) is 9.69. The van der Waals surface area contributed by atoms with Gasteiger partial charge in [-0.15, -0.1) is 5.10 Å². The molecule has 0 aliphatic carbocycles. The SMILES string of the molecule is CC(C)C(C)(CN)NC(=O)c1n[nH]c(C(C)(C)C)n1. The molecule has 6 heteroatoms. The molecule has 0 saturated heterocycles. The van der Waals surface area contributed by atoms with Gasteiger partial charge in [-0.05, 0) is 12.8 Å². The molecule has 1 atom stereocenters. The highest BCUT2D eigenvalue weighted by Crippen LogP contribution is 2.18. The Morgan fingerprint density at radius 2 is 1.95 bits per heavy atom. The fourth-order valence-corrected chi connectivity index (χ4v) is 1.45. The van der Waals surface area contributed by atoms with E-state index in [9.17, 15) is 4.79 Å². The Morgan fingerprint density at radius 3 is 2.32 bits per heavy atom. The number of carbonyl (C=O) groups excluding carboxylic acids is 1. The fourth-order valence-electron chi connectivity index (χ4n) is 1.45. The van der Waals surface area contributed by atoms with Crippen molar-refractivity contribution in [2.45, 2.75) is 52.5 Å². The van der Waals surface area contributed by atoms with Gasteiger partial charge in [-0.25, -0.2) is 4.98 Å². The molecule has 1 aromatic heterocycles. The van der Waals surface area contributed by atoms with Gasteiger partial charge in [0, 0.05) is 12.0 Å². The van der Waals surface area contributed by atoms with Crippen LogP contribution in [0.25, 0.3) is 0 Å². The van der Waals surface area contributed by atoms with Gasteiger partial charge in [0.25, 0.3) is 5.91 Å². The maximum Gasteiger partial charge on any atom is 0.291 e. The molecule has 108 valence electrons. The van der Waals surface area contributed by atoms with E-state index in [1.54, 1.807) is 0 Å². The number of nitrogens with one attached hydrogen (secondary N) is 2. The minimum atomic E-state index is -0.459. The van der Waals surface area contributed by atoms with Gasteiger partial charge in [-0.1, -0.05) is 34.6 Å². The van der Waals surface area contributed by atoms with E-state index in [1.807, 2.05) is 41.5 Å². The van der Waals surface area contributed by atoms with Gasteiger partial charge < -0.3 is 11.1 Å². The molecule has 0 radical (unpaired) electrons. The number of H-pyrrole nitrogens is 1. The molecule has 0 saturated carbocycles. The van der Waals surface area contributed by atoms with E-state index in [2.05, 4.69) is 20.5 Å². The van der Waals surface area contributed by atoms with E-state index in [1.165, 1.54) is 0 Å². The summed E-state index contributed by atoms with van der Waals surface area (Å²) in [6.45, 7) is 12.4. The number of carbonyl (C=O) groups is 1. The van der Waals surface area contributed by atoms with Gasteiger partial charge in [0.2, 0.25) is 5.82 Å². The van der Waals surface area contributed by atoms with Crippen molar-refractivity contribution >= 4 is 5.91 Å². The van der Waals surface area contributed by atoms with Crippen LogP contribution in [-0.4, -0.2) is 33.2 Å². The minimum Gasteiger partial charge on any atom is -0.343 e. The van der Waals surface area contributed by atoms with Crippen molar-refractivity contribution in [1.29, 1.82) is 0 Å². The first-order chi connectivity index (χ1) is 8.60. The van der Waals surface area contributed by atoms with Gasteiger partial charge in [-0.3, -0.25) is 9.89 Å². The molecule has 0 aliphatic rings. The predicted molar refractivity (Wildman–Crippen MR) is 74.8 cm³/mol. The molecule has 1 heterocycles. The summed E-state index contributed by atoms with van der Waals surface area (Å²) >= 11 is 0. The van der Waals surface area contributed by atoms with Crippen molar-refractivity contribution in [3.05, 3.63) is 11.6 Å². The third-order valence-corrected chi connectivity index (χ3v) is 3.50. The number of aromatic nitrogens is 3. The van der Waals surface area contributed by atoms with Crippen molar-refractivity contribution in [3.63, 3.8) is 0 Å². The van der Waals surface area contributed by atoms with E-state index in [0.29, 0.717) is 12.4 Å². The van der Waals surface area contributed by atoms with Crippen LogP contribution in [0.15, 0.2) is 0 Å². The first kappa shape index (κ1) is 15.6. The number of hydrogen-bond donors (Lipinski definition) is 3. The van der Waals surface area contributed by atoms with Crippen LogP contribution in [0.3, 0.4) is 0 Å². The van der Waals surface area contributed by atoms with Crippen LogP contribution in [0.1, 0.15) is 58.0 Å². The van der Waals surface area contributed by atoms with E-state index in [4.69, 9.17) is 5.73 Å². The van der Waals surface area contributed by atoms with Gasteiger partial charge >= 0.3 is 0 Å². The molecule has 0 aliphatic heterocycles. The smallest absolute Gasteiger partial charge is 0.291 e. The van der Waals surface area contributed by atoms with Crippen molar-refractivity contribution in [3.8, 4) is 0 Å². The third kappa shape index (κ3) is 3.53. The van der Waals surface area contributed by atoms with Gasteiger partial charge in [0.15, 0.2) is 0 Å². The van der Waals surface area contributed by atoms with Crippen LogP contribution >= 0.6 is 0 Å². The Kier molecular flexibility index (Phi) is 4.35. The molecule has 1 amide bonds. The summed E-state index contributed by atoms with van der Waals surface area (Å²) in [6.07, 6.45) is 0. The lowest BCUT2D eigenvalue weighted by Gasteiger charge is -2.33. The molecule has 1 aromatic rings. The second kappa shape index (κ2) is 5.28. The number of aromatic amines is 1. The third-order valence-electron chi connectivity index (χ3n) is 3.50. The average Bonchev–Trinajstić information content (AvgIpc) is 2.77. The normalized spacial score (nSPS) is 15.4. The molecule has 1 unspecified atom stereocenters. The molecule has 4 N–H and O–H groups in total. The number of nitrogens with two attached hydrogens (primary N) is 1. The zero-order valence-electron chi connectivity index (χ0n) is 12.7. The second-order valence-electron chi connectivity index (χ2n) is 6.49.